The highest BCUT2D eigenvalue weighted by Gasteiger charge is 2.31. The maximum Gasteiger partial charge on any atom is 0.322 e. The fourth-order valence-electron chi connectivity index (χ4n) is 2.25. The van der Waals surface area contributed by atoms with Gasteiger partial charge in [-0.25, -0.2) is 0 Å². The first-order valence-electron chi connectivity index (χ1n) is 9.04. The Morgan fingerprint density at radius 2 is 1.54 bits per heavy atom. The number of nitrogens with two attached hydrogens (primary N) is 2. The van der Waals surface area contributed by atoms with Crippen molar-refractivity contribution in [3.63, 3.8) is 0 Å². The maximum atomic E-state index is 12.6. The summed E-state index contributed by atoms with van der Waals surface area (Å²) in [5.74, 6) is -4.72. The van der Waals surface area contributed by atoms with E-state index < -0.39 is 60.7 Å². The molecule has 4 unspecified atom stereocenters. The van der Waals surface area contributed by atoms with Gasteiger partial charge < -0.3 is 32.5 Å². The molecule has 0 aliphatic carbocycles. The van der Waals surface area contributed by atoms with Crippen LogP contribution in [0.5, 0.6) is 0 Å². The second-order valence-electron chi connectivity index (χ2n) is 6.98. The maximum absolute atomic E-state index is 12.6. The fraction of sp³-hybridized carbons (Fsp3) is 0.706. The Bertz CT molecular complexity index is 595. The molecule has 0 aromatic heterocycles. The largest absolute Gasteiger partial charge is 0.480 e. The Labute approximate surface area is 164 Å². The zero-order valence-corrected chi connectivity index (χ0v) is 16.7. The number of rotatable bonds is 12. The normalized spacial score (nSPS) is 15.1. The van der Waals surface area contributed by atoms with E-state index in [2.05, 4.69) is 16.0 Å². The fourth-order valence-corrected chi connectivity index (χ4v) is 2.25. The molecule has 0 aromatic carbocycles. The van der Waals surface area contributed by atoms with Crippen LogP contribution in [0.25, 0.3) is 0 Å². The minimum absolute atomic E-state index is 0.150. The van der Waals surface area contributed by atoms with E-state index in [1.807, 2.05) is 6.92 Å². The molecule has 0 fully saturated rings. The number of nitrogens with one attached hydrogen (secondary N) is 3. The lowest BCUT2D eigenvalue weighted by atomic mass is 9.98. The molecule has 0 heterocycles. The summed E-state index contributed by atoms with van der Waals surface area (Å²) in [6.45, 7) is 6.31. The third-order valence-electron chi connectivity index (χ3n) is 4.26. The zero-order chi connectivity index (χ0) is 22.0. The molecule has 4 amide bonds. The molecule has 160 valence electrons. The van der Waals surface area contributed by atoms with Crippen LogP contribution in [0.2, 0.25) is 0 Å². The second kappa shape index (κ2) is 11.9. The smallest absolute Gasteiger partial charge is 0.322 e. The molecule has 11 nitrogen and oxygen atoms in total. The van der Waals surface area contributed by atoms with Gasteiger partial charge in [0.15, 0.2) is 0 Å². The molecular weight excluding hydrogens is 370 g/mol. The molecule has 0 aliphatic rings. The van der Waals surface area contributed by atoms with Gasteiger partial charge in [0.2, 0.25) is 23.6 Å². The Kier molecular flexibility index (Phi) is 10.8. The standard InChI is InChI=1S/C17H31N5O6/c1-5-9(4)13(19)16(27)21-10(6-11(18)23)15(26)22-14(8(2)3)17(28)20-7-12(24)25/h8-10,13-14H,5-7,19H2,1-4H3,(H2,18,23)(H,20,28)(H,21,27)(H,22,26)(H,24,25). The number of aliphatic carboxylic acids is 1. The van der Waals surface area contributed by atoms with E-state index in [1.54, 1.807) is 20.8 Å². The van der Waals surface area contributed by atoms with Crippen LogP contribution in [0.1, 0.15) is 40.5 Å². The van der Waals surface area contributed by atoms with E-state index in [4.69, 9.17) is 16.6 Å². The summed E-state index contributed by atoms with van der Waals surface area (Å²) < 4.78 is 0. The summed E-state index contributed by atoms with van der Waals surface area (Å²) in [4.78, 5) is 58.9. The lowest BCUT2D eigenvalue weighted by molar-refractivity contribution is -0.139. The summed E-state index contributed by atoms with van der Waals surface area (Å²) in [5.41, 5.74) is 11.0. The molecule has 0 aliphatic heterocycles. The minimum Gasteiger partial charge on any atom is -0.480 e. The van der Waals surface area contributed by atoms with Crippen LogP contribution in [-0.2, 0) is 24.0 Å². The van der Waals surface area contributed by atoms with Gasteiger partial charge in [-0.15, -0.1) is 0 Å². The monoisotopic (exact) mass is 401 g/mol. The highest BCUT2D eigenvalue weighted by atomic mass is 16.4. The summed E-state index contributed by atoms with van der Waals surface area (Å²) in [6.07, 6.45) is 0.160. The summed E-state index contributed by atoms with van der Waals surface area (Å²) in [5, 5.41) is 15.7. The third-order valence-corrected chi connectivity index (χ3v) is 4.26. The first kappa shape index (κ1) is 25.3. The van der Waals surface area contributed by atoms with Gasteiger partial charge in [0.1, 0.15) is 18.6 Å². The van der Waals surface area contributed by atoms with Crippen LogP contribution in [0.3, 0.4) is 0 Å². The lowest BCUT2D eigenvalue weighted by Gasteiger charge is -2.26. The molecule has 8 N–H and O–H groups in total. The predicted molar refractivity (Wildman–Crippen MR) is 101 cm³/mol. The molecule has 0 spiro atoms. The Morgan fingerprint density at radius 3 is 1.96 bits per heavy atom. The van der Waals surface area contributed by atoms with E-state index in [9.17, 15) is 24.0 Å². The molecule has 0 rings (SSSR count). The molecule has 11 heteroatoms. The van der Waals surface area contributed by atoms with Crippen LogP contribution < -0.4 is 27.4 Å². The predicted octanol–water partition coefficient (Wildman–Crippen LogP) is -1.94. The average Bonchev–Trinajstić information content (AvgIpc) is 2.61. The SMILES string of the molecule is CCC(C)C(N)C(=O)NC(CC(N)=O)C(=O)NC(C(=O)NCC(=O)O)C(C)C. The molecule has 0 aromatic rings. The topological polar surface area (TPSA) is 194 Å². The van der Waals surface area contributed by atoms with Crippen LogP contribution >= 0.6 is 0 Å². The van der Waals surface area contributed by atoms with Crippen molar-refractivity contribution in [1.82, 2.24) is 16.0 Å². The second-order valence-corrected chi connectivity index (χ2v) is 6.98. The number of carbonyl (C=O) groups is 5. The average molecular weight is 401 g/mol. The van der Waals surface area contributed by atoms with Crippen LogP contribution in [0.4, 0.5) is 0 Å². The van der Waals surface area contributed by atoms with E-state index in [-0.39, 0.29) is 11.8 Å². The number of carbonyl (C=O) groups excluding carboxylic acids is 4. The molecule has 0 radical (unpaired) electrons. The van der Waals surface area contributed by atoms with Gasteiger partial charge in [0, 0.05) is 0 Å². The van der Waals surface area contributed by atoms with Crippen molar-refractivity contribution in [2.45, 2.75) is 58.7 Å². The van der Waals surface area contributed by atoms with Crippen molar-refractivity contribution < 1.29 is 29.1 Å². The summed E-state index contributed by atoms with van der Waals surface area (Å²) in [7, 11) is 0. The van der Waals surface area contributed by atoms with Crippen LogP contribution in [0.15, 0.2) is 0 Å². The van der Waals surface area contributed by atoms with Crippen molar-refractivity contribution in [3.05, 3.63) is 0 Å². The van der Waals surface area contributed by atoms with Crippen LogP contribution in [-0.4, -0.2) is 59.4 Å². The van der Waals surface area contributed by atoms with Gasteiger partial charge in [-0.3, -0.25) is 24.0 Å². The van der Waals surface area contributed by atoms with Gasteiger partial charge in [0.25, 0.3) is 0 Å². The zero-order valence-electron chi connectivity index (χ0n) is 16.7. The van der Waals surface area contributed by atoms with Gasteiger partial charge in [-0.1, -0.05) is 34.1 Å². The molecule has 4 atom stereocenters. The van der Waals surface area contributed by atoms with E-state index >= 15 is 0 Å². The molecule has 0 saturated heterocycles. The van der Waals surface area contributed by atoms with E-state index in [0.29, 0.717) is 6.42 Å². The van der Waals surface area contributed by atoms with Crippen LogP contribution in [0, 0.1) is 11.8 Å². The molecular formula is C17H31N5O6. The Hall–Kier alpha value is -2.69. The number of hydrogen-bond donors (Lipinski definition) is 6. The first-order chi connectivity index (χ1) is 12.9. The highest BCUT2D eigenvalue weighted by Crippen LogP contribution is 2.07. The first-order valence-corrected chi connectivity index (χ1v) is 9.04. The van der Waals surface area contributed by atoms with Crippen molar-refractivity contribution in [1.29, 1.82) is 0 Å². The van der Waals surface area contributed by atoms with Crippen molar-refractivity contribution in [2.24, 2.45) is 23.3 Å². The van der Waals surface area contributed by atoms with Gasteiger partial charge >= 0.3 is 5.97 Å². The number of carboxylic acids is 1. The Balaban J connectivity index is 5.25. The summed E-state index contributed by atoms with van der Waals surface area (Å²) >= 11 is 0. The number of hydrogen-bond acceptors (Lipinski definition) is 6. The quantitative estimate of drug-likeness (QED) is 0.219. The highest BCUT2D eigenvalue weighted by molar-refractivity contribution is 5.96. The van der Waals surface area contributed by atoms with Gasteiger partial charge in [-0.2, -0.15) is 0 Å². The van der Waals surface area contributed by atoms with E-state index in [0.717, 1.165) is 0 Å². The Morgan fingerprint density at radius 1 is 0.964 bits per heavy atom. The van der Waals surface area contributed by atoms with Gasteiger partial charge in [0.05, 0.1) is 12.5 Å². The summed E-state index contributed by atoms with van der Waals surface area (Å²) in [6, 6.07) is -3.26. The number of primary amides is 1. The molecule has 0 saturated carbocycles. The number of amides is 4. The molecule has 0 bridgehead atoms. The van der Waals surface area contributed by atoms with Crippen molar-refractivity contribution in [2.75, 3.05) is 6.54 Å². The van der Waals surface area contributed by atoms with Gasteiger partial charge in [-0.05, 0) is 11.8 Å². The van der Waals surface area contributed by atoms with E-state index in [1.165, 1.54) is 0 Å². The number of carboxylic acid groups (broad SMARTS) is 1. The third kappa shape index (κ3) is 8.80. The molecule has 28 heavy (non-hydrogen) atoms. The van der Waals surface area contributed by atoms with Crippen molar-refractivity contribution in [3.8, 4) is 0 Å². The van der Waals surface area contributed by atoms with Crippen molar-refractivity contribution >= 4 is 29.6 Å². The lowest BCUT2D eigenvalue weighted by Crippen LogP contribution is -2.58. The minimum atomic E-state index is -1.31.